The first-order valence-corrected chi connectivity index (χ1v) is 8.90. The van der Waals surface area contributed by atoms with Gasteiger partial charge in [0.25, 0.3) is 5.91 Å². The zero-order valence-corrected chi connectivity index (χ0v) is 15.8. The van der Waals surface area contributed by atoms with E-state index in [2.05, 4.69) is 16.0 Å². The van der Waals surface area contributed by atoms with E-state index in [0.717, 1.165) is 0 Å². The minimum Gasteiger partial charge on any atom is -0.497 e. The van der Waals surface area contributed by atoms with Crippen LogP contribution in [0.15, 0.2) is 71.3 Å². The Morgan fingerprint density at radius 2 is 1.66 bits per heavy atom. The second-order valence-electron chi connectivity index (χ2n) is 5.92. The van der Waals surface area contributed by atoms with Gasteiger partial charge in [-0.25, -0.2) is 4.79 Å². The lowest BCUT2D eigenvalue weighted by atomic mass is 10.2. The average molecular weight is 395 g/mol. The number of nitrogens with one attached hydrogen (secondary N) is 3. The summed E-state index contributed by atoms with van der Waals surface area (Å²) in [6, 6.07) is 16.8. The summed E-state index contributed by atoms with van der Waals surface area (Å²) in [6.45, 7) is 0.651. The molecule has 0 radical (unpaired) electrons. The van der Waals surface area contributed by atoms with E-state index >= 15 is 0 Å². The van der Waals surface area contributed by atoms with Crippen molar-refractivity contribution in [2.45, 2.75) is 0 Å². The zero-order valence-electron chi connectivity index (χ0n) is 15.8. The van der Waals surface area contributed by atoms with E-state index in [-0.39, 0.29) is 17.7 Å². The van der Waals surface area contributed by atoms with Gasteiger partial charge < -0.3 is 29.8 Å². The molecule has 1 heterocycles. The Bertz CT molecular complexity index is 939. The SMILES string of the molecule is COc1cccc(OCCNC(=O)Nc2ccc(NC(=O)c3ccco3)cc2)c1. The highest BCUT2D eigenvalue weighted by molar-refractivity contribution is 6.02. The van der Waals surface area contributed by atoms with Crippen molar-refractivity contribution in [3.8, 4) is 11.5 Å². The van der Waals surface area contributed by atoms with Gasteiger partial charge in [0.15, 0.2) is 5.76 Å². The summed E-state index contributed by atoms with van der Waals surface area (Å²) < 4.78 is 15.7. The highest BCUT2D eigenvalue weighted by Gasteiger charge is 2.08. The number of hydrogen-bond donors (Lipinski definition) is 3. The summed E-state index contributed by atoms with van der Waals surface area (Å²) in [6.07, 6.45) is 1.43. The Morgan fingerprint density at radius 3 is 2.34 bits per heavy atom. The fourth-order valence-corrected chi connectivity index (χ4v) is 2.44. The minimum absolute atomic E-state index is 0.225. The quantitative estimate of drug-likeness (QED) is 0.504. The predicted molar refractivity (Wildman–Crippen MR) is 109 cm³/mol. The number of ether oxygens (including phenoxy) is 2. The molecule has 0 aliphatic heterocycles. The minimum atomic E-state index is -0.355. The molecule has 3 rings (SSSR count). The molecule has 3 aromatic rings. The van der Waals surface area contributed by atoms with E-state index in [1.54, 1.807) is 49.6 Å². The molecule has 150 valence electrons. The van der Waals surface area contributed by atoms with Crippen LogP contribution in [0, 0.1) is 0 Å². The molecule has 0 fully saturated rings. The van der Waals surface area contributed by atoms with Crippen LogP contribution < -0.4 is 25.4 Å². The third-order valence-corrected chi connectivity index (χ3v) is 3.84. The Hall–Kier alpha value is -3.94. The molecule has 0 unspecified atom stereocenters. The smallest absolute Gasteiger partial charge is 0.319 e. The molecule has 0 atom stereocenters. The third-order valence-electron chi connectivity index (χ3n) is 3.84. The summed E-state index contributed by atoms with van der Waals surface area (Å²) in [4.78, 5) is 23.9. The lowest BCUT2D eigenvalue weighted by Gasteiger charge is -2.10. The average Bonchev–Trinajstić information content (AvgIpc) is 3.28. The molecule has 0 aliphatic carbocycles. The van der Waals surface area contributed by atoms with Gasteiger partial charge in [-0.1, -0.05) is 6.07 Å². The fourth-order valence-electron chi connectivity index (χ4n) is 2.44. The molecule has 3 amide bonds. The Labute approximate surface area is 167 Å². The van der Waals surface area contributed by atoms with E-state index in [9.17, 15) is 9.59 Å². The van der Waals surface area contributed by atoms with Crippen LogP contribution in [-0.4, -0.2) is 32.2 Å². The summed E-state index contributed by atoms with van der Waals surface area (Å²) in [7, 11) is 1.59. The van der Waals surface area contributed by atoms with Crippen LogP contribution in [0.3, 0.4) is 0 Å². The number of carbonyl (C=O) groups excluding carboxylic acids is 2. The van der Waals surface area contributed by atoms with Crippen LogP contribution in [0.2, 0.25) is 0 Å². The van der Waals surface area contributed by atoms with Crippen molar-refractivity contribution in [2.24, 2.45) is 0 Å². The van der Waals surface area contributed by atoms with E-state index < -0.39 is 0 Å². The van der Waals surface area contributed by atoms with E-state index in [4.69, 9.17) is 13.9 Å². The maximum atomic E-state index is 12.0. The first-order chi connectivity index (χ1) is 14.1. The highest BCUT2D eigenvalue weighted by Crippen LogP contribution is 2.18. The van der Waals surface area contributed by atoms with E-state index in [1.807, 2.05) is 18.2 Å². The molecule has 0 saturated carbocycles. The van der Waals surface area contributed by atoms with Gasteiger partial charge in [-0.2, -0.15) is 0 Å². The van der Waals surface area contributed by atoms with Crippen molar-refractivity contribution in [1.29, 1.82) is 0 Å². The largest absolute Gasteiger partial charge is 0.497 e. The Kier molecular flexibility index (Phi) is 6.72. The Morgan fingerprint density at radius 1 is 0.931 bits per heavy atom. The molecule has 3 N–H and O–H groups in total. The maximum absolute atomic E-state index is 12.0. The number of hydrogen-bond acceptors (Lipinski definition) is 5. The normalized spacial score (nSPS) is 10.1. The van der Waals surface area contributed by atoms with Crippen molar-refractivity contribution < 1.29 is 23.5 Å². The van der Waals surface area contributed by atoms with Gasteiger partial charge in [0.2, 0.25) is 0 Å². The third kappa shape index (κ3) is 6.03. The number of furan rings is 1. The van der Waals surface area contributed by atoms with Crippen molar-refractivity contribution in [3.63, 3.8) is 0 Å². The highest BCUT2D eigenvalue weighted by atomic mass is 16.5. The Balaban J connectivity index is 1.39. The molecule has 8 nitrogen and oxygen atoms in total. The fraction of sp³-hybridized carbons (Fsp3) is 0.143. The lowest BCUT2D eigenvalue weighted by Crippen LogP contribution is -2.32. The molecule has 29 heavy (non-hydrogen) atoms. The second kappa shape index (κ2) is 9.84. The molecule has 0 aliphatic rings. The number of methoxy groups -OCH3 is 1. The molecule has 1 aromatic heterocycles. The summed E-state index contributed by atoms with van der Waals surface area (Å²) in [5, 5.41) is 8.12. The van der Waals surface area contributed by atoms with Crippen LogP contribution in [-0.2, 0) is 0 Å². The van der Waals surface area contributed by atoms with Gasteiger partial charge in [0.05, 0.1) is 19.9 Å². The van der Waals surface area contributed by atoms with Crippen molar-refractivity contribution in [1.82, 2.24) is 5.32 Å². The number of carbonyl (C=O) groups is 2. The predicted octanol–water partition coefficient (Wildman–Crippen LogP) is 3.74. The van der Waals surface area contributed by atoms with Gasteiger partial charge in [-0.05, 0) is 48.5 Å². The standard InChI is InChI=1S/C21H21N3O5/c1-27-17-4-2-5-18(14-17)28-13-11-22-21(26)24-16-9-7-15(8-10-16)23-20(25)19-6-3-12-29-19/h2-10,12,14H,11,13H2,1H3,(H,23,25)(H2,22,24,26). The van der Waals surface area contributed by atoms with E-state index in [1.165, 1.54) is 6.26 Å². The van der Waals surface area contributed by atoms with Gasteiger partial charge in [0, 0.05) is 17.4 Å². The van der Waals surface area contributed by atoms with Crippen LogP contribution >= 0.6 is 0 Å². The second-order valence-corrected chi connectivity index (χ2v) is 5.92. The summed E-state index contributed by atoms with van der Waals surface area (Å²) in [5.41, 5.74) is 1.18. The van der Waals surface area contributed by atoms with Crippen molar-refractivity contribution in [3.05, 3.63) is 72.7 Å². The lowest BCUT2D eigenvalue weighted by molar-refractivity contribution is 0.0996. The van der Waals surface area contributed by atoms with Crippen molar-refractivity contribution in [2.75, 3.05) is 30.9 Å². The van der Waals surface area contributed by atoms with E-state index in [0.29, 0.717) is 36.0 Å². The van der Waals surface area contributed by atoms with Gasteiger partial charge in [-0.3, -0.25) is 4.79 Å². The number of benzene rings is 2. The summed E-state index contributed by atoms with van der Waals surface area (Å²) in [5.74, 6) is 1.25. The molecular weight excluding hydrogens is 374 g/mol. The topological polar surface area (TPSA) is 102 Å². The zero-order chi connectivity index (χ0) is 20.5. The number of amides is 3. The van der Waals surface area contributed by atoms with Crippen LogP contribution in [0.4, 0.5) is 16.2 Å². The molecule has 0 spiro atoms. The van der Waals surface area contributed by atoms with Crippen LogP contribution in [0.1, 0.15) is 10.6 Å². The molecule has 2 aromatic carbocycles. The molecular formula is C21H21N3O5. The summed E-state index contributed by atoms with van der Waals surface area (Å²) >= 11 is 0. The molecule has 0 bridgehead atoms. The van der Waals surface area contributed by atoms with Crippen molar-refractivity contribution >= 4 is 23.3 Å². The van der Waals surface area contributed by atoms with Crippen LogP contribution in [0.25, 0.3) is 0 Å². The van der Waals surface area contributed by atoms with Crippen LogP contribution in [0.5, 0.6) is 11.5 Å². The first-order valence-electron chi connectivity index (χ1n) is 8.90. The monoisotopic (exact) mass is 395 g/mol. The van der Waals surface area contributed by atoms with Gasteiger partial charge in [0.1, 0.15) is 18.1 Å². The van der Waals surface area contributed by atoms with Gasteiger partial charge in [-0.15, -0.1) is 0 Å². The number of anilines is 2. The maximum Gasteiger partial charge on any atom is 0.319 e. The molecule has 0 saturated heterocycles. The number of urea groups is 1. The first kappa shape index (κ1) is 19.8. The molecule has 8 heteroatoms. The number of rotatable bonds is 8. The van der Waals surface area contributed by atoms with Gasteiger partial charge >= 0.3 is 6.03 Å².